The van der Waals surface area contributed by atoms with E-state index in [9.17, 15) is 4.79 Å². The summed E-state index contributed by atoms with van der Waals surface area (Å²) in [5.41, 5.74) is 1.29. The molecule has 0 bridgehead atoms. The van der Waals surface area contributed by atoms with Gasteiger partial charge >= 0.3 is 0 Å². The Balaban J connectivity index is 1.30. The quantitative estimate of drug-likeness (QED) is 0.461. The predicted octanol–water partition coefficient (Wildman–Crippen LogP) is 4.73. The van der Waals surface area contributed by atoms with Crippen LogP contribution in [0.15, 0.2) is 35.2 Å². The molecule has 5 rings (SSSR count). The zero-order chi connectivity index (χ0) is 23.5. The Kier molecular flexibility index (Phi) is 7.37. The van der Waals surface area contributed by atoms with E-state index >= 15 is 0 Å². The van der Waals surface area contributed by atoms with Crippen LogP contribution in [-0.2, 0) is 10.5 Å². The lowest BCUT2D eigenvalue weighted by molar-refractivity contribution is -0.133. The fourth-order valence-corrected chi connectivity index (χ4v) is 6.60. The number of thiophene rings is 1. The Morgan fingerprint density at radius 3 is 2.44 bits per heavy atom. The van der Waals surface area contributed by atoms with Crippen LogP contribution in [0, 0.1) is 13.8 Å². The molecular weight excluding hydrogens is 462 g/mol. The van der Waals surface area contributed by atoms with E-state index < -0.39 is 0 Å². The van der Waals surface area contributed by atoms with Gasteiger partial charge in [-0.05, 0) is 50.8 Å². The zero-order valence-corrected chi connectivity index (χ0v) is 21.8. The minimum Gasteiger partial charge on any atom is -0.353 e. The zero-order valence-electron chi connectivity index (χ0n) is 20.1. The molecule has 2 aliphatic rings. The third-order valence-electron chi connectivity index (χ3n) is 6.91. The van der Waals surface area contributed by atoms with Crippen molar-refractivity contribution in [2.45, 2.75) is 43.8 Å². The van der Waals surface area contributed by atoms with Crippen LogP contribution in [0.25, 0.3) is 10.2 Å². The third kappa shape index (κ3) is 5.24. The van der Waals surface area contributed by atoms with Crippen molar-refractivity contribution in [1.29, 1.82) is 0 Å². The smallest absolute Gasteiger partial charge is 0.236 e. The summed E-state index contributed by atoms with van der Waals surface area (Å²) >= 11 is 3.55. The van der Waals surface area contributed by atoms with Gasteiger partial charge < -0.3 is 9.80 Å². The van der Waals surface area contributed by atoms with Crippen LogP contribution >= 0.6 is 23.1 Å². The summed E-state index contributed by atoms with van der Waals surface area (Å²) in [4.78, 5) is 33.1. The highest BCUT2D eigenvalue weighted by Crippen LogP contribution is 2.36. The molecule has 8 heteroatoms. The summed E-state index contributed by atoms with van der Waals surface area (Å²) in [6, 6.07) is 10.4. The summed E-state index contributed by atoms with van der Waals surface area (Å²) in [5, 5.41) is 1.20. The van der Waals surface area contributed by atoms with E-state index in [2.05, 4.69) is 52.8 Å². The molecule has 4 heterocycles. The standard InChI is InChI=1S/C26H33N5OS2/c1-19-20(2)34-26-24(19)25(27-22(28-26)18-33-21-9-5-3-6-10-21)31-15-13-29(14-16-31)17-23(32)30-11-7-4-8-12-30/h3,5-6,9-10H,4,7-8,11-18H2,1-2H3. The molecular formula is C26H33N5OS2. The number of rotatable bonds is 6. The van der Waals surface area contributed by atoms with Crippen molar-refractivity contribution in [3.63, 3.8) is 0 Å². The van der Waals surface area contributed by atoms with Gasteiger partial charge in [-0.2, -0.15) is 0 Å². The number of hydrogen-bond acceptors (Lipinski definition) is 7. The number of amides is 1. The average Bonchev–Trinajstić information content (AvgIpc) is 3.17. The number of aryl methyl sites for hydroxylation is 2. The number of anilines is 1. The summed E-state index contributed by atoms with van der Waals surface area (Å²) in [5.74, 6) is 3.01. The molecule has 0 unspecified atom stereocenters. The van der Waals surface area contributed by atoms with Crippen LogP contribution in [0.2, 0.25) is 0 Å². The molecule has 2 fully saturated rings. The molecule has 3 aromatic rings. The molecule has 0 spiro atoms. The minimum absolute atomic E-state index is 0.294. The summed E-state index contributed by atoms with van der Waals surface area (Å²) in [7, 11) is 0. The van der Waals surface area contributed by atoms with Crippen molar-refractivity contribution >= 4 is 45.0 Å². The molecule has 1 amide bonds. The van der Waals surface area contributed by atoms with Crippen LogP contribution in [0.4, 0.5) is 5.82 Å². The SMILES string of the molecule is Cc1sc2nc(CSc3ccccc3)nc(N3CCN(CC(=O)N4CCCCC4)CC3)c2c1C. The average molecular weight is 496 g/mol. The van der Waals surface area contributed by atoms with Crippen molar-refractivity contribution in [2.75, 3.05) is 50.7 Å². The Morgan fingerprint density at radius 2 is 1.71 bits per heavy atom. The van der Waals surface area contributed by atoms with E-state index in [1.54, 1.807) is 23.1 Å². The molecule has 2 aliphatic heterocycles. The number of fused-ring (bicyclic) bond motifs is 1. The van der Waals surface area contributed by atoms with Crippen LogP contribution in [0.5, 0.6) is 0 Å². The van der Waals surface area contributed by atoms with Crippen molar-refractivity contribution in [3.05, 3.63) is 46.6 Å². The van der Waals surface area contributed by atoms with Crippen LogP contribution in [0.3, 0.4) is 0 Å². The van der Waals surface area contributed by atoms with Gasteiger partial charge in [0.05, 0.1) is 17.7 Å². The molecule has 0 saturated carbocycles. The van der Waals surface area contributed by atoms with Gasteiger partial charge in [0.2, 0.25) is 5.91 Å². The van der Waals surface area contributed by atoms with Gasteiger partial charge in [0, 0.05) is 49.0 Å². The highest BCUT2D eigenvalue weighted by atomic mass is 32.2. The number of piperidine rings is 1. The predicted molar refractivity (Wildman–Crippen MR) is 142 cm³/mol. The van der Waals surface area contributed by atoms with Crippen molar-refractivity contribution in [3.8, 4) is 0 Å². The Labute approximate surface area is 210 Å². The molecule has 180 valence electrons. The first kappa shape index (κ1) is 23.6. The first-order chi connectivity index (χ1) is 16.6. The Bertz CT molecular complexity index is 1140. The first-order valence-electron chi connectivity index (χ1n) is 12.3. The second-order valence-electron chi connectivity index (χ2n) is 9.23. The van der Waals surface area contributed by atoms with Gasteiger partial charge in [0.25, 0.3) is 0 Å². The lowest BCUT2D eigenvalue weighted by Gasteiger charge is -2.37. The summed E-state index contributed by atoms with van der Waals surface area (Å²) in [6.45, 7) is 10.3. The molecule has 0 radical (unpaired) electrons. The van der Waals surface area contributed by atoms with E-state index in [0.29, 0.717) is 12.5 Å². The van der Waals surface area contributed by atoms with Crippen molar-refractivity contribution < 1.29 is 4.79 Å². The molecule has 2 saturated heterocycles. The van der Waals surface area contributed by atoms with Crippen molar-refractivity contribution in [2.24, 2.45) is 0 Å². The third-order valence-corrected chi connectivity index (χ3v) is 9.02. The number of hydrogen-bond donors (Lipinski definition) is 0. The fourth-order valence-electron chi connectivity index (χ4n) is 4.78. The molecule has 0 N–H and O–H groups in total. The highest BCUT2D eigenvalue weighted by Gasteiger charge is 2.26. The number of likely N-dealkylation sites (tertiary alicyclic amines) is 1. The normalized spacial score (nSPS) is 17.5. The number of aromatic nitrogens is 2. The first-order valence-corrected chi connectivity index (χ1v) is 14.1. The maximum Gasteiger partial charge on any atom is 0.236 e. The van der Waals surface area contributed by atoms with Gasteiger partial charge in [0.1, 0.15) is 16.5 Å². The molecule has 0 atom stereocenters. The van der Waals surface area contributed by atoms with E-state index in [4.69, 9.17) is 9.97 Å². The van der Waals surface area contributed by atoms with Gasteiger partial charge in [-0.3, -0.25) is 9.69 Å². The lowest BCUT2D eigenvalue weighted by Crippen LogP contribution is -2.51. The molecule has 34 heavy (non-hydrogen) atoms. The minimum atomic E-state index is 0.294. The van der Waals surface area contributed by atoms with Crippen molar-refractivity contribution in [1.82, 2.24) is 19.8 Å². The number of carbonyl (C=O) groups is 1. The van der Waals surface area contributed by atoms with Gasteiger partial charge in [-0.1, -0.05) is 18.2 Å². The Hall–Kier alpha value is -2.16. The van der Waals surface area contributed by atoms with Gasteiger partial charge in [-0.15, -0.1) is 23.1 Å². The molecule has 2 aromatic heterocycles. The van der Waals surface area contributed by atoms with E-state index in [-0.39, 0.29) is 0 Å². The van der Waals surface area contributed by atoms with Gasteiger partial charge in [0.15, 0.2) is 0 Å². The van der Waals surface area contributed by atoms with Crippen LogP contribution < -0.4 is 4.90 Å². The summed E-state index contributed by atoms with van der Waals surface area (Å²) < 4.78 is 0. The second kappa shape index (κ2) is 10.6. The Morgan fingerprint density at radius 1 is 0.971 bits per heavy atom. The topological polar surface area (TPSA) is 52.6 Å². The fraction of sp³-hybridized carbons (Fsp3) is 0.500. The van der Waals surface area contributed by atoms with Crippen LogP contribution in [0.1, 0.15) is 35.5 Å². The number of thioether (sulfide) groups is 1. The van der Waals surface area contributed by atoms with Gasteiger partial charge in [-0.25, -0.2) is 9.97 Å². The lowest BCUT2D eigenvalue weighted by atomic mass is 10.1. The van der Waals surface area contributed by atoms with Crippen LogP contribution in [-0.4, -0.2) is 71.5 Å². The molecule has 6 nitrogen and oxygen atoms in total. The number of nitrogens with zero attached hydrogens (tertiary/aromatic N) is 5. The number of carbonyl (C=O) groups excluding carboxylic acids is 1. The number of benzene rings is 1. The largest absolute Gasteiger partial charge is 0.353 e. The second-order valence-corrected chi connectivity index (χ2v) is 11.5. The maximum absolute atomic E-state index is 12.7. The summed E-state index contributed by atoms with van der Waals surface area (Å²) in [6.07, 6.45) is 3.55. The highest BCUT2D eigenvalue weighted by molar-refractivity contribution is 7.98. The van der Waals surface area contributed by atoms with E-state index in [1.807, 2.05) is 6.07 Å². The number of piperazine rings is 1. The van der Waals surface area contributed by atoms with E-state index in [1.165, 1.54) is 27.1 Å². The monoisotopic (exact) mass is 495 g/mol. The molecule has 0 aliphatic carbocycles. The van der Waals surface area contributed by atoms with E-state index in [0.717, 1.165) is 74.3 Å². The molecule has 1 aromatic carbocycles. The maximum atomic E-state index is 12.7.